The number of alkyl halides is 4. The standard InChI is InChI=1S/C9H9F4N3O2/c10-8(11)9(12,13)4-18-5-2-1-3-15-6(5)7(14)16-17/h1-3,8,17H,4H2,(H2,14,16). The molecule has 0 spiro atoms. The average molecular weight is 267 g/mol. The fourth-order valence-electron chi connectivity index (χ4n) is 0.984. The molecule has 1 aromatic rings. The number of aromatic nitrogens is 1. The van der Waals surface area contributed by atoms with Gasteiger partial charge >= 0.3 is 12.3 Å². The number of halogens is 4. The Morgan fingerprint density at radius 3 is 2.78 bits per heavy atom. The molecular weight excluding hydrogens is 258 g/mol. The van der Waals surface area contributed by atoms with Gasteiger partial charge in [-0.1, -0.05) is 5.16 Å². The summed E-state index contributed by atoms with van der Waals surface area (Å²) < 4.78 is 53.6. The zero-order chi connectivity index (χ0) is 13.8. The predicted molar refractivity (Wildman–Crippen MR) is 53.2 cm³/mol. The van der Waals surface area contributed by atoms with E-state index < -0.39 is 24.8 Å². The Morgan fingerprint density at radius 2 is 2.22 bits per heavy atom. The molecule has 0 aliphatic rings. The molecule has 5 nitrogen and oxygen atoms in total. The molecule has 1 aromatic heterocycles. The van der Waals surface area contributed by atoms with Crippen LogP contribution in [0.2, 0.25) is 0 Å². The maximum atomic E-state index is 12.6. The lowest BCUT2D eigenvalue weighted by molar-refractivity contribution is -0.148. The van der Waals surface area contributed by atoms with Gasteiger partial charge < -0.3 is 15.7 Å². The lowest BCUT2D eigenvalue weighted by atomic mass is 10.3. The van der Waals surface area contributed by atoms with E-state index in [4.69, 9.17) is 10.9 Å². The third kappa shape index (κ3) is 3.22. The first-order valence-electron chi connectivity index (χ1n) is 4.60. The van der Waals surface area contributed by atoms with E-state index in [1.54, 1.807) is 0 Å². The first kappa shape index (κ1) is 14.0. The largest absolute Gasteiger partial charge is 0.485 e. The van der Waals surface area contributed by atoms with Crippen molar-refractivity contribution in [2.45, 2.75) is 12.3 Å². The van der Waals surface area contributed by atoms with Crippen molar-refractivity contribution in [3.63, 3.8) is 0 Å². The molecule has 3 N–H and O–H groups in total. The molecule has 18 heavy (non-hydrogen) atoms. The van der Waals surface area contributed by atoms with E-state index in [-0.39, 0.29) is 11.4 Å². The number of hydrogen-bond acceptors (Lipinski definition) is 4. The van der Waals surface area contributed by atoms with Crippen LogP contribution in [0.4, 0.5) is 17.6 Å². The summed E-state index contributed by atoms with van der Waals surface area (Å²) in [4.78, 5) is 3.62. The molecule has 0 saturated heterocycles. The number of amidine groups is 1. The Labute approximate surface area is 98.9 Å². The molecule has 0 amide bonds. The summed E-state index contributed by atoms with van der Waals surface area (Å²) >= 11 is 0. The molecule has 9 heteroatoms. The number of ether oxygens (including phenoxy) is 1. The molecule has 0 atom stereocenters. The van der Waals surface area contributed by atoms with Gasteiger partial charge in [-0.15, -0.1) is 0 Å². The number of hydrogen-bond donors (Lipinski definition) is 2. The Kier molecular flexibility index (Phi) is 4.29. The van der Waals surface area contributed by atoms with Crippen molar-refractivity contribution in [3.05, 3.63) is 24.0 Å². The van der Waals surface area contributed by atoms with Gasteiger partial charge in [-0.25, -0.2) is 13.8 Å². The van der Waals surface area contributed by atoms with Crippen LogP contribution in [0.1, 0.15) is 5.69 Å². The normalized spacial score (nSPS) is 12.8. The first-order valence-corrected chi connectivity index (χ1v) is 4.60. The molecule has 0 aromatic carbocycles. The maximum Gasteiger partial charge on any atom is 0.340 e. The highest BCUT2D eigenvalue weighted by Gasteiger charge is 2.41. The molecule has 1 rings (SSSR count). The second-order valence-corrected chi connectivity index (χ2v) is 3.19. The van der Waals surface area contributed by atoms with E-state index >= 15 is 0 Å². The van der Waals surface area contributed by atoms with Crippen molar-refractivity contribution in [2.24, 2.45) is 10.9 Å². The second-order valence-electron chi connectivity index (χ2n) is 3.19. The zero-order valence-electron chi connectivity index (χ0n) is 8.86. The summed E-state index contributed by atoms with van der Waals surface area (Å²) in [5.74, 6) is -5.06. The van der Waals surface area contributed by atoms with Gasteiger partial charge in [0.15, 0.2) is 18.1 Å². The number of nitrogens with two attached hydrogens (primary N) is 1. The van der Waals surface area contributed by atoms with E-state index in [9.17, 15) is 17.6 Å². The molecule has 0 aliphatic heterocycles. The smallest absolute Gasteiger partial charge is 0.340 e. The van der Waals surface area contributed by atoms with Gasteiger partial charge in [-0.2, -0.15) is 8.78 Å². The fourth-order valence-corrected chi connectivity index (χ4v) is 0.984. The zero-order valence-corrected chi connectivity index (χ0v) is 8.86. The highest BCUT2D eigenvalue weighted by Crippen LogP contribution is 2.25. The van der Waals surface area contributed by atoms with E-state index in [2.05, 4.69) is 14.9 Å². The van der Waals surface area contributed by atoms with Crippen LogP contribution in [-0.4, -0.2) is 35.0 Å². The first-order chi connectivity index (χ1) is 8.38. The van der Waals surface area contributed by atoms with Crippen LogP contribution in [0.3, 0.4) is 0 Å². The van der Waals surface area contributed by atoms with Crippen molar-refractivity contribution in [1.82, 2.24) is 4.98 Å². The van der Waals surface area contributed by atoms with Gasteiger partial charge in [-0.3, -0.25) is 0 Å². The summed E-state index contributed by atoms with van der Waals surface area (Å²) in [5, 5.41) is 11.0. The molecule has 0 aliphatic carbocycles. The molecule has 1 heterocycles. The Balaban J connectivity index is 2.86. The molecule has 0 saturated carbocycles. The topological polar surface area (TPSA) is 80.7 Å². The van der Waals surface area contributed by atoms with Gasteiger partial charge in [0.25, 0.3) is 0 Å². The number of pyridine rings is 1. The number of rotatable bonds is 5. The maximum absolute atomic E-state index is 12.6. The van der Waals surface area contributed by atoms with E-state index in [0.29, 0.717) is 0 Å². The number of oxime groups is 1. The van der Waals surface area contributed by atoms with Crippen molar-refractivity contribution >= 4 is 5.84 Å². The minimum atomic E-state index is -4.29. The quantitative estimate of drug-likeness (QED) is 0.278. The summed E-state index contributed by atoms with van der Waals surface area (Å²) in [6.45, 7) is -1.54. The van der Waals surface area contributed by atoms with Crippen LogP contribution >= 0.6 is 0 Å². The monoisotopic (exact) mass is 267 g/mol. The van der Waals surface area contributed by atoms with E-state index in [0.717, 1.165) is 0 Å². The van der Waals surface area contributed by atoms with Crippen molar-refractivity contribution in [1.29, 1.82) is 0 Å². The predicted octanol–water partition coefficient (Wildman–Crippen LogP) is 1.46. The summed E-state index contributed by atoms with van der Waals surface area (Å²) in [7, 11) is 0. The van der Waals surface area contributed by atoms with E-state index in [1.165, 1.54) is 18.3 Å². The third-order valence-electron chi connectivity index (χ3n) is 1.86. The van der Waals surface area contributed by atoms with Gasteiger partial charge in [0.05, 0.1) is 0 Å². The SMILES string of the molecule is N/C(=N/O)c1ncccc1OCC(F)(F)C(F)F. The van der Waals surface area contributed by atoms with Crippen LogP contribution < -0.4 is 10.5 Å². The molecular formula is C9H9F4N3O2. The highest BCUT2D eigenvalue weighted by molar-refractivity contribution is 5.97. The summed E-state index contributed by atoms with van der Waals surface area (Å²) in [6, 6.07) is 2.51. The average Bonchev–Trinajstić information content (AvgIpc) is 2.35. The van der Waals surface area contributed by atoms with Crippen LogP contribution in [-0.2, 0) is 0 Å². The lowest BCUT2D eigenvalue weighted by Gasteiger charge is -2.16. The van der Waals surface area contributed by atoms with Gasteiger partial charge in [0.1, 0.15) is 5.75 Å². The summed E-state index contributed by atoms with van der Waals surface area (Å²) in [5.41, 5.74) is 5.00. The highest BCUT2D eigenvalue weighted by atomic mass is 19.3. The Hall–Kier alpha value is -2.06. The lowest BCUT2D eigenvalue weighted by Crippen LogP contribution is -2.34. The summed E-state index contributed by atoms with van der Waals surface area (Å²) in [6.07, 6.45) is -2.60. The van der Waals surface area contributed by atoms with Crippen molar-refractivity contribution in [3.8, 4) is 5.75 Å². The fraction of sp³-hybridized carbons (Fsp3) is 0.333. The Morgan fingerprint density at radius 1 is 1.56 bits per heavy atom. The van der Waals surface area contributed by atoms with Crippen molar-refractivity contribution in [2.75, 3.05) is 6.61 Å². The molecule has 0 unspecified atom stereocenters. The van der Waals surface area contributed by atoms with Crippen LogP contribution in [0.25, 0.3) is 0 Å². The molecule has 100 valence electrons. The van der Waals surface area contributed by atoms with Crippen LogP contribution in [0, 0.1) is 0 Å². The molecule has 0 radical (unpaired) electrons. The minimum absolute atomic E-state index is 0.218. The van der Waals surface area contributed by atoms with Crippen LogP contribution in [0.5, 0.6) is 5.75 Å². The Bertz CT molecular complexity index is 440. The molecule has 0 bridgehead atoms. The van der Waals surface area contributed by atoms with Crippen molar-refractivity contribution < 1.29 is 27.5 Å². The second kappa shape index (κ2) is 5.52. The number of nitrogens with zero attached hydrogens (tertiary/aromatic N) is 2. The van der Waals surface area contributed by atoms with E-state index in [1.807, 2.05) is 0 Å². The van der Waals surface area contributed by atoms with Gasteiger partial charge in [-0.05, 0) is 12.1 Å². The molecule has 0 fully saturated rings. The van der Waals surface area contributed by atoms with Gasteiger partial charge in [0, 0.05) is 6.20 Å². The minimum Gasteiger partial charge on any atom is -0.485 e. The van der Waals surface area contributed by atoms with Gasteiger partial charge in [0.2, 0.25) is 0 Å². The van der Waals surface area contributed by atoms with Crippen LogP contribution in [0.15, 0.2) is 23.5 Å². The third-order valence-corrected chi connectivity index (χ3v) is 1.86.